The molecule has 0 aromatic heterocycles. The predicted octanol–water partition coefficient (Wildman–Crippen LogP) is 3.87. The second-order valence-electron chi connectivity index (χ2n) is 6.51. The molecule has 0 saturated heterocycles. The van der Waals surface area contributed by atoms with Gasteiger partial charge in [0.2, 0.25) is 0 Å². The van der Waals surface area contributed by atoms with Crippen molar-refractivity contribution in [2.45, 2.75) is 65.1 Å². The molecule has 2 nitrogen and oxygen atoms in total. The lowest BCUT2D eigenvalue weighted by Gasteiger charge is -2.38. The van der Waals surface area contributed by atoms with Gasteiger partial charge < -0.3 is 10.2 Å². The van der Waals surface area contributed by atoms with Crippen molar-refractivity contribution < 1.29 is 0 Å². The van der Waals surface area contributed by atoms with Crippen molar-refractivity contribution in [3.8, 4) is 0 Å². The molecule has 1 aromatic rings. The molecule has 0 heterocycles. The van der Waals surface area contributed by atoms with Crippen LogP contribution in [0.1, 0.15) is 51.2 Å². The Morgan fingerprint density at radius 3 is 2.58 bits per heavy atom. The maximum Gasteiger partial charge on any atom is 0.0413 e. The Bertz CT molecular complexity index is 433. The lowest BCUT2D eigenvalue weighted by Crippen LogP contribution is -2.41. The van der Waals surface area contributed by atoms with Gasteiger partial charge in [-0.2, -0.15) is 0 Å². The van der Waals surface area contributed by atoms with Crippen LogP contribution in [-0.2, 0) is 6.54 Å². The Morgan fingerprint density at radius 2 is 2.00 bits per heavy atom. The average molecular weight is 260 g/mol. The van der Waals surface area contributed by atoms with E-state index in [-0.39, 0.29) is 5.54 Å². The predicted molar refractivity (Wildman–Crippen MR) is 83.8 cm³/mol. The van der Waals surface area contributed by atoms with Crippen LogP contribution in [0, 0.1) is 6.92 Å². The Hall–Kier alpha value is -1.02. The third-order valence-electron chi connectivity index (χ3n) is 4.53. The Labute approximate surface area is 118 Å². The molecule has 0 spiro atoms. The van der Waals surface area contributed by atoms with E-state index in [1.54, 1.807) is 0 Å². The highest BCUT2D eigenvalue weighted by Crippen LogP contribution is 2.29. The molecular formula is C17H28N2. The van der Waals surface area contributed by atoms with Crippen LogP contribution in [-0.4, -0.2) is 18.6 Å². The van der Waals surface area contributed by atoms with E-state index in [1.807, 2.05) is 0 Å². The number of hydrogen-bond donors (Lipinski definition) is 1. The van der Waals surface area contributed by atoms with Gasteiger partial charge in [-0.1, -0.05) is 24.6 Å². The highest BCUT2D eigenvalue weighted by molar-refractivity contribution is 5.56. The molecule has 1 aliphatic carbocycles. The van der Waals surface area contributed by atoms with Crippen molar-refractivity contribution in [3.05, 3.63) is 29.3 Å². The summed E-state index contributed by atoms with van der Waals surface area (Å²) < 4.78 is 0. The van der Waals surface area contributed by atoms with Gasteiger partial charge in [0.1, 0.15) is 0 Å². The summed E-state index contributed by atoms with van der Waals surface area (Å²) in [7, 11) is 2.22. The minimum absolute atomic E-state index is 0.198. The molecule has 2 rings (SSSR count). The van der Waals surface area contributed by atoms with Crippen molar-refractivity contribution in [3.63, 3.8) is 0 Å². The largest absolute Gasteiger partial charge is 0.369 e. The summed E-state index contributed by atoms with van der Waals surface area (Å²) >= 11 is 0. The zero-order valence-electron chi connectivity index (χ0n) is 13.1. The molecular weight excluding hydrogens is 232 g/mol. The van der Waals surface area contributed by atoms with Gasteiger partial charge in [-0.05, 0) is 51.7 Å². The molecule has 1 saturated carbocycles. The zero-order valence-corrected chi connectivity index (χ0v) is 13.1. The standard InChI is InChI=1S/C17H28N2/c1-6-17(3,4)19(5)16-10-7-13(2)11-14(16)12-18-15-8-9-15/h7,10-11,15,18H,6,8-9,12H2,1-5H3. The van der Waals surface area contributed by atoms with Crippen LogP contribution in [0.4, 0.5) is 5.69 Å². The summed E-state index contributed by atoms with van der Waals surface area (Å²) in [4.78, 5) is 2.43. The minimum atomic E-state index is 0.198. The van der Waals surface area contributed by atoms with E-state index in [9.17, 15) is 0 Å². The summed E-state index contributed by atoms with van der Waals surface area (Å²) in [5, 5.41) is 3.64. The van der Waals surface area contributed by atoms with Gasteiger partial charge >= 0.3 is 0 Å². The zero-order chi connectivity index (χ0) is 14.0. The average Bonchev–Trinajstić information content (AvgIpc) is 3.19. The maximum absolute atomic E-state index is 3.64. The van der Waals surface area contributed by atoms with Gasteiger partial charge in [-0.3, -0.25) is 0 Å². The molecule has 1 aromatic carbocycles. The molecule has 0 unspecified atom stereocenters. The van der Waals surface area contributed by atoms with Crippen molar-refractivity contribution in [2.75, 3.05) is 11.9 Å². The summed E-state index contributed by atoms with van der Waals surface area (Å²) in [6.45, 7) is 10.0. The first-order valence-electron chi connectivity index (χ1n) is 7.51. The quantitative estimate of drug-likeness (QED) is 0.835. The van der Waals surface area contributed by atoms with Crippen LogP contribution in [0.15, 0.2) is 18.2 Å². The Balaban J connectivity index is 2.21. The van der Waals surface area contributed by atoms with Crippen LogP contribution in [0.5, 0.6) is 0 Å². The van der Waals surface area contributed by atoms with Crippen LogP contribution in [0.3, 0.4) is 0 Å². The van der Waals surface area contributed by atoms with E-state index in [1.165, 1.54) is 29.7 Å². The highest BCUT2D eigenvalue weighted by Gasteiger charge is 2.24. The normalized spacial score (nSPS) is 15.6. The van der Waals surface area contributed by atoms with E-state index >= 15 is 0 Å². The first-order valence-corrected chi connectivity index (χ1v) is 7.51. The van der Waals surface area contributed by atoms with Gasteiger partial charge in [0, 0.05) is 30.9 Å². The van der Waals surface area contributed by atoms with Gasteiger partial charge in [0.05, 0.1) is 0 Å². The number of rotatable bonds is 6. The molecule has 0 atom stereocenters. The fourth-order valence-corrected chi connectivity index (χ4v) is 2.29. The molecule has 0 amide bonds. The molecule has 1 N–H and O–H groups in total. The third-order valence-corrected chi connectivity index (χ3v) is 4.53. The third kappa shape index (κ3) is 3.50. The molecule has 0 bridgehead atoms. The fraction of sp³-hybridized carbons (Fsp3) is 0.647. The van der Waals surface area contributed by atoms with Gasteiger partial charge in [0.25, 0.3) is 0 Å². The smallest absolute Gasteiger partial charge is 0.0413 e. The van der Waals surface area contributed by atoms with E-state index in [0.717, 1.165) is 19.0 Å². The summed E-state index contributed by atoms with van der Waals surface area (Å²) in [5.41, 5.74) is 4.34. The second-order valence-corrected chi connectivity index (χ2v) is 6.51. The number of aryl methyl sites for hydroxylation is 1. The lowest BCUT2D eigenvalue weighted by atomic mass is 9.97. The van der Waals surface area contributed by atoms with Crippen LogP contribution in [0.2, 0.25) is 0 Å². The van der Waals surface area contributed by atoms with Crippen molar-refractivity contribution in [2.24, 2.45) is 0 Å². The SMILES string of the molecule is CCC(C)(C)N(C)c1ccc(C)cc1CNC1CC1. The number of nitrogens with zero attached hydrogens (tertiary/aromatic N) is 1. The van der Waals surface area contributed by atoms with Crippen LogP contribution in [0.25, 0.3) is 0 Å². The molecule has 19 heavy (non-hydrogen) atoms. The summed E-state index contributed by atoms with van der Waals surface area (Å²) in [5.74, 6) is 0. The Morgan fingerprint density at radius 1 is 1.32 bits per heavy atom. The van der Waals surface area contributed by atoms with Crippen molar-refractivity contribution in [1.82, 2.24) is 5.32 Å². The molecule has 0 aliphatic heterocycles. The number of anilines is 1. The molecule has 106 valence electrons. The van der Waals surface area contributed by atoms with E-state index < -0.39 is 0 Å². The number of hydrogen-bond acceptors (Lipinski definition) is 2. The first kappa shape index (κ1) is 14.4. The van der Waals surface area contributed by atoms with Gasteiger partial charge in [-0.15, -0.1) is 0 Å². The highest BCUT2D eigenvalue weighted by atomic mass is 15.2. The topological polar surface area (TPSA) is 15.3 Å². The molecule has 0 radical (unpaired) electrons. The van der Waals surface area contributed by atoms with Crippen molar-refractivity contribution >= 4 is 5.69 Å². The second kappa shape index (κ2) is 5.54. The van der Waals surface area contributed by atoms with E-state index in [4.69, 9.17) is 0 Å². The maximum atomic E-state index is 3.64. The van der Waals surface area contributed by atoms with Crippen molar-refractivity contribution in [1.29, 1.82) is 0 Å². The van der Waals surface area contributed by atoms with Crippen LogP contribution < -0.4 is 10.2 Å². The summed E-state index contributed by atoms with van der Waals surface area (Å²) in [6.07, 6.45) is 3.84. The number of nitrogens with one attached hydrogen (secondary N) is 1. The fourth-order valence-electron chi connectivity index (χ4n) is 2.29. The monoisotopic (exact) mass is 260 g/mol. The molecule has 2 heteroatoms. The first-order chi connectivity index (χ1) is 8.94. The summed E-state index contributed by atoms with van der Waals surface area (Å²) in [6, 6.07) is 7.58. The van der Waals surface area contributed by atoms with Crippen LogP contribution >= 0.6 is 0 Å². The van der Waals surface area contributed by atoms with E-state index in [2.05, 4.69) is 63.2 Å². The Kier molecular flexibility index (Phi) is 4.19. The molecule has 1 aliphatic rings. The minimum Gasteiger partial charge on any atom is -0.369 e. The number of benzene rings is 1. The lowest BCUT2D eigenvalue weighted by molar-refractivity contribution is 0.469. The van der Waals surface area contributed by atoms with Gasteiger partial charge in [0.15, 0.2) is 0 Å². The van der Waals surface area contributed by atoms with E-state index in [0.29, 0.717) is 0 Å². The van der Waals surface area contributed by atoms with Gasteiger partial charge in [-0.25, -0.2) is 0 Å². The molecule has 1 fully saturated rings.